The molecule has 19 heteroatoms. The maximum Gasteiger partial charge on any atom is 0.309 e. The second-order valence-corrected chi connectivity index (χ2v) is 19.8. The number of amides is 3. The molecule has 17 nitrogen and oxygen atoms in total. The first-order valence-corrected chi connectivity index (χ1v) is 27.5. The average molecular weight is 1180 g/mol. The SMILES string of the molecule is C=Cc1ccccc1OCC(=O)N1CCCCC1.CC(=O)O.O=C(CBr)N1CCCCC1.O=C(COc1ccccc1Br)N1CCCCC1.O=C1CC2c3ccccc3OC12.O=C1CC2c3ccccc3OC2O1.OO. The van der Waals surface area contributed by atoms with E-state index >= 15 is 0 Å². The number of aliphatic carboxylic acids is 1. The first-order chi connectivity index (χ1) is 36.9. The summed E-state index contributed by atoms with van der Waals surface area (Å²) in [7, 11) is 0. The smallest absolute Gasteiger partial charge is 0.309 e. The second-order valence-electron chi connectivity index (χ2n) is 18.4. The zero-order chi connectivity index (χ0) is 54.8. The molecule has 0 bridgehead atoms. The van der Waals surface area contributed by atoms with Gasteiger partial charge in [-0.25, -0.2) is 0 Å². The summed E-state index contributed by atoms with van der Waals surface area (Å²) in [5, 5.41) is 19.9. The van der Waals surface area contributed by atoms with E-state index in [-0.39, 0.29) is 61.0 Å². The van der Waals surface area contributed by atoms with Gasteiger partial charge in [0, 0.05) is 75.2 Å². The van der Waals surface area contributed by atoms with E-state index in [2.05, 4.69) is 38.4 Å². The van der Waals surface area contributed by atoms with E-state index in [0.717, 1.165) is 110 Å². The third-order valence-corrected chi connectivity index (χ3v) is 14.3. The highest BCUT2D eigenvalue weighted by Gasteiger charge is 2.48. The standard InChI is InChI=1S/C15H19NO2.C13H16BrNO2.C10H8O3.C10H8O2.C7H12BrNO.C2H4O2.H2O2/c1-2-13-8-4-5-9-14(13)18-12-15(17)16-10-6-3-7-11-16;14-11-6-2-3-7-12(11)17-10-13(16)15-8-4-1-5-9-15;11-9-5-7-6-3-1-2-4-8(6)12-10(7)13-9;11-8-5-7-6-3-1-2-4-9(6)12-10(7)8;8-6-7(10)9-4-2-1-3-5-9;1-2(3)4;1-2/h2,4-5,8-9H,1,3,6-7,10-12H2;2-3,6-7H,1,4-5,8-10H2;1-4,7,10H,5H2;1-4,7,10H,5H2;1-6H2;1H3,(H,3,4);1-2H. The van der Waals surface area contributed by atoms with Crippen LogP contribution in [0.2, 0.25) is 0 Å². The molecule has 3 N–H and O–H groups in total. The summed E-state index contributed by atoms with van der Waals surface area (Å²) in [4.78, 5) is 71.6. The number of piperidine rings is 3. The summed E-state index contributed by atoms with van der Waals surface area (Å²) >= 11 is 6.55. The second kappa shape index (κ2) is 32.3. The maximum absolute atomic E-state index is 11.9. The Bertz CT molecular complexity index is 2520. The van der Waals surface area contributed by atoms with Crippen LogP contribution in [0.4, 0.5) is 0 Å². The van der Waals surface area contributed by atoms with E-state index in [1.54, 1.807) is 6.08 Å². The topological polar surface area (TPSA) is 219 Å². The number of alkyl halides is 1. The number of carbonyl (C=O) groups excluding carboxylic acids is 5. The molecule has 5 fully saturated rings. The van der Waals surface area contributed by atoms with Crippen molar-refractivity contribution < 1.29 is 68.1 Å². The van der Waals surface area contributed by atoms with Crippen molar-refractivity contribution in [2.24, 2.45) is 0 Å². The molecule has 1 saturated carbocycles. The van der Waals surface area contributed by atoms with Crippen LogP contribution in [-0.2, 0) is 33.5 Å². The minimum atomic E-state index is -0.833. The van der Waals surface area contributed by atoms with Gasteiger partial charge in [0.05, 0.1) is 22.1 Å². The van der Waals surface area contributed by atoms with E-state index in [0.29, 0.717) is 24.1 Å². The molecular weight excluding hydrogens is 1110 g/mol. The predicted octanol–water partition coefficient (Wildman–Crippen LogP) is 10.0. The van der Waals surface area contributed by atoms with Gasteiger partial charge in [-0.3, -0.25) is 39.3 Å². The maximum atomic E-state index is 11.9. The van der Waals surface area contributed by atoms with Crippen LogP contribution >= 0.6 is 31.9 Å². The number of benzene rings is 4. The number of hydrogen-bond donors (Lipinski definition) is 3. The molecule has 7 aliphatic rings. The number of para-hydroxylation sites is 4. The largest absolute Gasteiger partial charge is 0.483 e. The number of carbonyl (C=O) groups is 6. The van der Waals surface area contributed by atoms with Gasteiger partial charge in [0.15, 0.2) is 25.1 Å². The van der Waals surface area contributed by atoms with Gasteiger partial charge >= 0.3 is 5.97 Å². The van der Waals surface area contributed by atoms with Gasteiger partial charge in [0.2, 0.25) is 5.91 Å². The molecule has 6 heterocycles. The number of ketones is 1. The lowest BCUT2D eigenvalue weighted by molar-refractivity contribution is -0.176. The molecule has 3 amide bonds. The van der Waals surface area contributed by atoms with E-state index in [1.165, 1.54) is 37.7 Å². The molecule has 410 valence electrons. The number of Topliss-reactive ketones (excluding diaryl/α,β-unsaturated/α-hetero) is 1. The lowest BCUT2D eigenvalue weighted by Crippen LogP contribution is -2.40. The number of fused-ring (bicyclic) bond motifs is 6. The molecule has 4 aromatic rings. The highest BCUT2D eigenvalue weighted by atomic mass is 79.9. The van der Waals surface area contributed by atoms with Crippen molar-refractivity contribution >= 4 is 73.4 Å². The molecule has 4 unspecified atom stereocenters. The Morgan fingerprint density at radius 1 is 0.605 bits per heavy atom. The monoisotopic (exact) mass is 1180 g/mol. The first-order valence-electron chi connectivity index (χ1n) is 25.6. The molecule has 11 rings (SSSR count). The van der Waals surface area contributed by atoms with Crippen molar-refractivity contribution in [3.63, 3.8) is 0 Å². The number of ether oxygens (including phenoxy) is 5. The zero-order valence-electron chi connectivity index (χ0n) is 42.9. The number of esters is 1. The van der Waals surface area contributed by atoms with Gasteiger partial charge in [0.25, 0.3) is 24.1 Å². The molecule has 4 atom stereocenters. The lowest BCUT2D eigenvalue weighted by atomic mass is 9.78. The molecule has 0 radical (unpaired) electrons. The van der Waals surface area contributed by atoms with Crippen LogP contribution in [0.5, 0.6) is 23.0 Å². The molecule has 4 saturated heterocycles. The summed E-state index contributed by atoms with van der Waals surface area (Å²) in [5.74, 6) is 3.31. The Morgan fingerprint density at radius 3 is 1.54 bits per heavy atom. The number of rotatable bonds is 8. The van der Waals surface area contributed by atoms with E-state index in [1.807, 2.05) is 112 Å². The average Bonchev–Trinajstić information content (AvgIpc) is 4.12. The molecule has 4 aromatic carbocycles. The number of nitrogens with zero attached hydrogens (tertiary/aromatic N) is 3. The Morgan fingerprint density at radius 2 is 1.04 bits per heavy atom. The summed E-state index contributed by atoms with van der Waals surface area (Å²) in [6.45, 7) is 10.5. The third-order valence-electron chi connectivity index (χ3n) is 13.1. The van der Waals surface area contributed by atoms with Crippen LogP contribution in [0.15, 0.2) is 108 Å². The number of halogens is 2. The third kappa shape index (κ3) is 18.5. The predicted molar refractivity (Wildman–Crippen MR) is 293 cm³/mol. The summed E-state index contributed by atoms with van der Waals surface area (Å²) < 4.78 is 27.9. The molecular formula is C57H69Br2N3O14. The minimum Gasteiger partial charge on any atom is -0.483 e. The van der Waals surface area contributed by atoms with Crippen LogP contribution in [0.1, 0.15) is 106 Å². The summed E-state index contributed by atoms with van der Waals surface area (Å²) in [6, 6.07) is 30.9. The fourth-order valence-electron chi connectivity index (χ4n) is 9.19. The van der Waals surface area contributed by atoms with E-state index in [4.69, 9.17) is 44.1 Å². The molecule has 76 heavy (non-hydrogen) atoms. The van der Waals surface area contributed by atoms with Crippen LogP contribution in [0.3, 0.4) is 0 Å². The van der Waals surface area contributed by atoms with Crippen LogP contribution in [0.25, 0.3) is 6.08 Å². The van der Waals surface area contributed by atoms with Gasteiger partial charge in [-0.15, -0.1) is 0 Å². The van der Waals surface area contributed by atoms with Crippen molar-refractivity contribution in [3.05, 3.63) is 125 Å². The number of likely N-dealkylation sites (tertiary alicyclic amines) is 3. The van der Waals surface area contributed by atoms with Gasteiger partial charge < -0.3 is 43.5 Å². The Labute approximate surface area is 461 Å². The van der Waals surface area contributed by atoms with Gasteiger partial charge in [-0.2, -0.15) is 0 Å². The summed E-state index contributed by atoms with van der Waals surface area (Å²) in [6.07, 6.45) is 12.9. The first kappa shape index (κ1) is 60.6. The number of hydrogen-bond acceptors (Lipinski definition) is 13. The zero-order valence-corrected chi connectivity index (χ0v) is 46.1. The van der Waals surface area contributed by atoms with Crippen LogP contribution < -0.4 is 18.9 Å². The van der Waals surface area contributed by atoms with E-state index < -0.39 is 5.97 Å². The minimum absolute atomic E-state index is 0.0774. The van der Waals surface area contributed by atoms with Crippen molar-refractivity contribution in [2.75, 3.05) is 57.8 Å². The highest BCUT2D eigenvalue weighted by Crippen LogP contribution is 2.47. The number of carboxylic acid groups (broad SMARTS) is 1. The Kier molecular flexibility index (Phi) is 25.8. The van der Waals surface area contributed by atoms with Crippen molar-refractivity contribution in [1.82, 2.24) is 14.7 Å². The van der Waals surface area contributed by atoms with Crippen molar-refractivity contribution in [3.8, 4) is 23.0 Å². The van der Waals surface area contributed by atoms with Crippen LogP contribution in [0, 0.1) is 0 Å². The van der Waals surface area contributed by atoms with Crippen molar-refractivity contribution in [1.29, 1.82) is 0 Å². The Balaban J connectivity index is 0.000000173. The highest BCUT2D eigenvalue weighted by molar-refractivity contribution is 9.10. The number of carboxylic acids is 1. The van der Waals surface area contributed by atoms with E-state index in [9.17, 15) is 24.0 Å². The lowest BCUT2D eigenvalue weighted by Gasteiger charge is -2.26. The normalized spacial score (nSPS) is 19.8. The molecule has 6 aliphatic heterocycles. The fourth-order valence-corrected chi connectivity index (χ4v) is 9.95. The van der Waals surface area contributed by atoms with Crippen LogP contribution in [-0.4, -0.2) is 136 Å². The van der Waals surface area contributed by atoms with Gasteiger partial charge in [0.1, 0.15) is 23.0 Å². The molecule has 0 spiro atoms. The van der Waals surface area contributed by atoms with Crippen molar-refractivity contribution in [2.45, 2.75) is 102 Å². The fraction of sp³-hybridized carbons (Fsp3) is 0.439. The Hall–Kier alpha value is -6.28. The summed E-state index contributed by atoms with van der Waals surface area (Å²) in [5.41, 5.74) is 3.23. The molecule has 0 aromatic heterocycles. The quantitative estimate of drug-likeness (QED) is 0.0647. The molecule has 1 aliphatic carbocycles. The van der Waals surface area contributed by atoms with Gasteiger partial charge in [-0.1, -0.05) is 95.3 Å². The van der Waals surface area contributed by atoms with Gasteiger partial charge in [-0.05, 0) is 104 Å².